The molecule has 0 spiro atoms. The average molecular weight is 392 g/mol. The summed E-state index contributed by atoms with van der Waals surface area (Å²) < 4.78 is 30.2. The molecule has 0 fully saturated rings. The van der Waals surface area contributed by atoms with Gasteiger partial charge in [0.1, 0.15) is 5.82 Å². The summed E-state index contributed by atoms with van der Waals surface area (Å²) in [4.78, 5) is 24.8. The first kappa shape index (κ1) is 20.2. The second-order valence-corrected chi connectivity index (χ2v) is 7.74. The van der Waals surface area contributed by atoms with Crippen LogP contribution in [-0.2, 0) is 30.7 Å². The predicted molar refractivity (Wildman–Crippen MR) is 101 cm³/mol. The molecule has 1 aromatic carbocycles. The molecule has 0 bridgehead atoms. The number of hydrogen-bond donors (Lipinski definition) is 1. The standard InChI is InChI=1S/C20H26F2N4O2/c1-13(2)8-11-26-20(28)25-10-9-15(6-7-17(25)24-26)23-18(27)12-14-4-3-5-16(21)19(14)22/h3-5,13,15H,6-12H2,1-2H3,(H,23,27). The highest BCUT2D eigenvalue weighted by Gasteiger charge is 2.22. The number of hydrogen-bond acceptors (Lipinski definition) is 3. The van der Waals surface area contributed by atoms with E-state index < -0.39 is 11.6 Å². The molecule has 1 atom stereocenters. The molecule has 1 aliphatic heterocycles. The third kappa shape index (κ3) is 4.66. The Labute approximate surface area is 162 Å². The normalized spacial score (nSPS) is 16.7. The summed E-state index contributed by atoms with van der Waals surface area (Å²) in [6.45, 7) is 5.30. The molecule has 8 heteroatoms. The molecule has 3 rings (SSSR count). The predicted octanol–water partition coefficient (Wildman–Crippen LogP) is 2.43. The molecule has 28 heavy (non-hydrogen) atoms. The second-order valence-electron chi connectivity index (χ2n) is 7.74. The molecule has 0 saturated carbocycles. The fraction of sp³-hybridized carbons (Fsp3) is 0.550. The SMILES string of the molecule is CC(C)CCn1nc2n(c1=O)CCC(NC(=O)Cc1cccc(F)c1F)CC2. The van der Waals surface area contributed by atoms with Gasteiger partial charge in [-0.2, -0.15) is 5.10 Å². The number of aryl methyl sites for hydroxylation is 2. The van der Waals surface area contributed by atoms with E-state index >= 15 is 0 Å². The van der Waals surface area contributed by atoms with Crippen LogP contribution >= 0.6 is 0 Å². The lowest BCUT2D eigenvalue weighted by atomic mass is 10.1. The number of nitrogens with zero attached hydrogens (tertiary/aromatic N) is 3. The van der Waals surface area contributed by atoms with E-state index in [2.05, 4.69) is 24.3 Å². The fourth-order valence-electron chi connectivity index (χ4n) is 3.44. The zero-order valence-corrected chi connectivity index (χ0v) is 16.3. The Morgan fingerprint density at radius 2 is 2.11 bits per heavy atom. The van der Waals surface area contributed by atoms with Crippen molar-refractivity contribution in [3.63, 3.8) is 0 Å². The van der Waals surface area contributed by atoms with Crippen LogP contribution in [0.5, 0.6) is 0 Å². The Balaban J connectivity index is 1.59. The number of carbonyl (C=O) groups is 1. The number of amides is 1. The van der Waals surface area contributed by atoms with Crippen LogP contribution in [0.15, 0.2) is 23.0 Å². The van der Waals surface area contributed by atoms with E-state index in [0.717, 1.165) is 18.3 Å². The highest BCUT2D eigenvalue weighted by molar-refractivity contribution is 5.78. The first-order chi connectivity index (χ1) is 13.3. The molecule has 1 aromatic heterocycles. The lowest BCUT2D eigenvalue weighted by molar-refractivity contribution is -0.121. The molecule has 1 N–H and O–H groups in total. The summed E-state index contributed by atoms with van der Waals surface area (Å²) in [5, 5.41) is 7.32. The quantitative estimate of drug-likeness (QED) is 0.821. The molecule has 1 unspecified atom stereocenters. The van der Waals surface area contributed by atoms with Crippen molar-refractivity contribution in [2.24, 2.45) is 5.92 Å². The summed E-state index contributed by atoms with van der Waals surface area (Å²) in [6.07, 6.45) is 2.51. The van der Waals surface area contributed by atoms with Crippen molar-refractivity contribution in [3.8, 4) is 0 Å². The molecule has 0 radical (unpaired) electrons. The van der Waals surface area contributed by atoms with Gasteiger partial charge in [-0.1, -0.05) is 26.0 Å². The van der Waals surface area contributed by atoms with Gasteiger partial charge in [0.05, 0.1) is 6.42 Å². The number of benzene rings is 1. The van der Waals surface area contributed by atoms with Crippen molar-refractivity contribution in [2.45, 2.75) is 65.1 Å². The Morgan fingerprint density at radius 1 is 1.32 bits per heavy atom. The lowest BCUT2D eigenvalue weighted by Crippen LogP contribution is -2.37. The van der Waals surface area contributed by atoms with Gasteiger partial charge in [0.15, 0.2) is 11.6 Å². The zero-order chi connectivity index (χ0) is 20.3. The van der Waals surface area contributed by atoms with Gasteiger partial charge in [0.2, 0.25) is 5.91 Å². The van der Waals surface area contributed by atoms with Crippen LogP contribution in [-0.4, -0.2) is 26.3 Å². The lowest BCUT2D eigenvalue weighted by Gasteiger charge is -2.16. The van der Waals surface area contributed by atoms with E-state index in [1.165, 1.54) is 16.8 Å². The summed E-state index contributed by atoms with van der Waals surface area (Å²) in [5.41, 5.74) is -0.0726. The number of nitrogens with one attached hydrogen (secondary N) is 1. The summed E-state index contributed by atoms with van der Waals surface area (Å²) in [5.74, 6) is -1.07. The highest BCUT2D eigenvalue weighted by atomic mass is 19.2. The van der Waals surface area contributed by atoms with Crippen molar-refractivity contribution in [3.05, 3.63) is 51.7 Å². The molecule has 0 saturated heterocycles. The molecule has 152 valence electrons. The summed E-state index contributed by atoms with van der Waals surface area (Å²) in [7, 11) is 0. The van der Waals surface area contributed by atoms with Crippen LogP contribution in [0.3, 0.4) is 0 Å². The summed E-state index contributed by atoms with van der Waals surface area (Å²) >= 11 is 0. The van der Waals surface area contributed by atoms with Gasteiger partial charge >= 0.3 is 5.69 Å². The maximum Gasteiger partial charge on any atom is 0.345 e. The van der Waals surface area contributed by atoms with Gasteiger partial charge in [0, 0.05) is 31.1 Å². The number of carbonyl (C=O) groups excluding carboxylic acids is 1. The minimum Gasteiger partial charge on any atom is -0.353 e. The Bertz CT molecular complexity index is 904. The van der Waals surface area contributed by atoms with Gasteiger partial charge in [-0.05, 0) is 31.2 Å². The Kier molecular flexibility index (Phi) is 6.26. The number of aromatic nitrogens is 3. The van der Waals surface area contributed by atoms with Crippen LogP contribution in [0.2, 0.25) is 0 Å². The van der Waals surface area contributed by atoms with E-state index in [1.807, 2.05) is 0 Å². The minimum atomic E-state index is -0.986. The first-order valence-corrected chi connectivity index (χ1v) is 9.74. The average Bonchev–Trinajstić information content (AvgIpc) is 2.80. The van der Waals surface area contributed by atoms with Crippen LogP contribution < -0.4 is 11.0 Å². The maximum absolute atomic E-state index is 13.7. The van der Waals surface area contributed by atoms with E-state index in [4.69, 9.17) is 0 Å². The third-order valence-electron chi connectivity index (χ3n) is 5.08. The monoisotopic (exact) mass is 392 g/mol. The Morgan fingerprint density at radius 3 is 2.86 bits per heavy atom. The van der Waals surface area contributed by atoms with Crippen molar-refractivity contribution in [1.29, 1.82) is 0 Å². The van der Waals surface area contributed by atoms with Gasteiger partial charge in [-0.15, -0.1) is 0 Å². The van der Waals surface area contributed by atoms with Gasteiger partial charge < -0.3 is 5.32 Å². The van der Waals surface area contributed by atoms with Crippen LogP contribution in [0.4, 0.5) is 8.78 Å². The number of halogens is 2. The molecule has 0 aliphatic carbocycles. The van der Waals surface area contributed by atoms with Crippen molar-refractivity contribution >= 4 is 5.91 Å². The highest BCUT2D eigenvalue weighted by Crippen LogP contribution is 2.15. The molecular weight excluding hydrogens is 366 g/mol. The van der Waals surface area contributed by atoms with Gasteiger partial charge in [-0.3, -0.25) is 9.36 Å². The van der Waals surface area contributed by atoms with E-state index in [9.17, 15) is 18.4 Å². The smallest absolute Gasteiger partial charge is 0.345 e. The van der Waals surface area contributed by atoms with E-state index in [-0.39, 0.29) is 29.6 Å². The molecule has 6 nitrogen and oxygen atoms in total. The maximum atomic E-state index is 13.7. The molecule has 2 aromatic rings. The molecular formula is C20H26F2N4O2. The largest absolute Gasteiger partial charge is 0.353 e. The van der Waals surface area contributed by atoms with E-state index in [1.54, 1.807) is 4.57 Å². The van der Waals surface area contributed by atoms with Crippen LogP contribution in [0.1, 0.15) is 44.5 Å². The Hall–Kier alpha value is -2.51. The van der Waals surface area contributed by atoms with Crippen molar-refractivity contribution in [2.75, 3.05) is 0 Å². The third-order valence-corrected chi connectivity index (χ3v) is 5.08. The van der Waals surface area contributed by atoms with Crippen LogP contribution in [0.25, 0.3) is 0 Å². The topological polar surface area (TPSA) is 68.9 Å². The first-order valence-electron chi connectivity index (χ1n) is 9.74. The van der Waals surface area contributed by atoms with Crippen LogP contribution in [0, 0.1) is 17.6 Å². The minimum absolute atomic E-state index is 0.0343. The fourth-order valence-corrected chi connectivity index (χ4v) is 3.44. The molecule has 2 heterocycles. The van der Waals surface area contributed by atoms with E-state index in [0.29, 0.717) is 38.3 Å². The summed E-state index contributed by atoms with van der Waals surface area (Å²) in [6, 6.07) is 3.68. The zero-order valence-electron chi connectivity index (χ0n) is 16.3. The van der Waals surface area contributed by atoms with Crippen molar-refractivity contribution < 1.29 is 13.6 Å². The van der Waals surface area contributed by atoms with Gasteiger partial charge in [0.25, 0.3) is 0 Å². The molecule has 1 amide bonds. The molecule has 1 aliphatic rings. The number of fused-ring (bicyclic) bond motifs is 1. The van der Waals surface area contributed by atoms with Gasteiger partial charge in [-0.25, -0.2) is 18.3 Å². The number of rotatable bonds is 6. The second kappa shape index (κ2) is 8.67. The van der Waals surface area contributed by atoms with Crippen molar-refractivity contribution in [1.82, 2.24) is 19.7 Å².